The number of benzene rings is 1. The van der Waals surface area contributed by atoms with Crippen LogP contribution in [0.1, 0.15) is 6.92 Å². The van der Waals surface area contributed by atoms with Crippen molar-refractivity contribution in [1.29, 1.82) is 0 Å². The molecule has 0 aliphatic heterocycles. The van der Waals surface area contributed by atoms with Crippen molar-refractivity contribution in [2.75, 3.05) is 38.0 Å². The van der Waals surface area contributed by atoms with Gasteiger partial charge in [0.2, 0.25) is 5.91 Å². The maximum Gasteiger partial charge on any atom is 0.250 e. The molecular weight excluding hydrogens is 286 g/mol. The number of rotatable bonds is 8. The number of carbonyl (C=O) groups is 1. The molecule has 1 amide bonds. The fourth-order valence-corrected chi connectivity index (χ4v) is 2.29. The van der Waals surface area contributed by atoms with Crippen LogP contribution >= 0.6 is 23.4 Å². The summed E-state index contributed by atoms with van der Waals surface area (Å²) in [7, 11) is 1.59. The predicted octanol–water partition coefficient (Wildman–Crippen LogP) is 3.05. The molecule has 1 rings (SSSR count). The molecular formula is C13H18ClNO3S. The van der Waals surface area contributed by atoms with Gasteiger partial charge in [0.05, 0.1) is 18.9 Å². The zero-order valence-electron chi connectivity index (χ0n) is 11.1. The third-order valence-corrected chi connectivity index (χ3v) is 3.37. The van der Waals surface area contributed by atoms with Crippen LogP contribution in [-0.2, 0) is 14.3 Å². The number of hydrogen-bond donors (Lipinski definition) is 1. The lowest BCUT2D eigenvalue weighted by molar-refractivity contribution is -0.121. The number of carbonyl (C=O) groups excluding carboxylic acids is 1. The lowest BCUT2D eigenvalue weighted by Gasteiger charge is -2.11. The van der Waals surface area contributed by atoms with Crippen molar-refractivity contribution in [3.63, 3.8) is 0 Å². The maximum atomic E-state index is 11.7. The highest BCUT2D eigenvalue weighted by Gasteiger charge is 2.08. The van der Waals surface area contributed by atoms with Crippen LogP contribution in [0.5, 0.6) is 0 Å². The highest BCUT2D eigenvalue weighted by molar-refractivity contribution is 7.99. The summed E-state index contributed by atoms with van der Waals surface area (Å²) in [6.45, 7) is 2.93. The van der Waals surface area contributed by atoms with E-state index in [2.05, 4.69) is 12.2 Å². The number of thioether (sulfide) groups is 1. The van der Waals surface area contributed by atoms with Gasteiger partial charge in [-0.3, -0.25) is 4.79 Å². The largest absolute Gasteiger partial charge is 0.382 e. The van der Waals surface area contributed by atoms with Crippen LogP contribution in [0.2, 0.25) is 5.02 Å². The van der Waals surface area contributed by atoms with E-state index in [0.29, 0.717) is 18.2 Å². The maximum absolute atomic E-state index is 11.7. The number of halogens is 1. The quantitative estimate of drug-likeness (QED) is 0.592. The molecule has 0 spiro atoms. The van der Waals surface area contributed by atoms with Crippen molar-refractivity contribution < 1.29 is 14.3 Å². The summed E-state index contributed by atoms with van der Waals surface area (Å²) < 4.78 is 9.99. The van der Waals surface area contributed by atoms with Crippen molar-refractivity contribution in [3.8, 4) is 0 Å². The van der Waals surface area contributed by atoms with Gasteiger partial charge in [-0.2, -0.15) is 0 Å². The molecule has 1 aromatic rings. The normalized spacial score (nSPS) is 10.5. The van der Waals surface area contributed by atoms with Gasteiger partial charge in [-0.25, -0.2) is 0 Å². The van der Waals surface area contributed by atoms with Crippen molar-refractivity contribution >= 4 is 35.0 Å². The Morgan fingerprint density at radius 3 is 2.89 bits per heavy atom. The Bertz CT molecular complexity index is 415. The number of amides is 1. The van der Waals surface area contributed by atoms with Crippen molar-refractivity contribution in [2.45, 2.75) is 11.8 Å². The molecule has 0 unspecified atom stereocenters. The van der Waals surface area contributed by atoms with Gasteiger partial charge < -0.3 is 14.8 Å². The molecule has 0 saturated carbocycles. The molecule has 1 N–H and O–H groups in total. The fourth-order valence-electron chi connectivity index (χ4n) is 1.37. The van der Waals surface area contributed by atoms with Gasteiger partial charge in [-0.05, 0) is 24.0 Å². The Morgan fingerprint density at radius 2 is 2.21 bits per heavy atom. The van der Waals surface area contributed by atoms with Crippen LogP contribution in [-0.4, -0.2) is 38.6 Å². The lowest BCUT2D eigenvalue weighted by atomic mass is 10.3. The minimum atomic E-state index is -0.198. The average molecular weight is 304 g/mol. The van der Waals surface area contributed by atoms with Crippen molar-refractivity contribution in [3.05, 3.63) is 23.2 Å². The molecule has 0 aliphatic carbocycles. The van der Waals surface area contributed by atoms with Crippen LogP contribution in [0.15, 0.2) is 23.1 Å². The minimum Gasteiger partial charge on any atom is -0.382 e. The predicted molar refractivity (Wildman–Crippen MR) is 79.2 cm³/mol. The molecule has 106 valence electrons. The van der Waals surface area contributed by atoms with Crippen molar-refractivity contribution in [2.24, 2.45) is 0 Å². The Kier molecular flexibility index (Phi) is 7.90. The third kappa shape index (κ3) is 6.29. The van der Waals surface area contributed by atoms with E-state index >= 15 is 0 Å². The van der Waals surface area contributed by atoms with Gasteiger partial charge >= 0.3 is 0 Å². The van der Waals surface area contributed by atoms with Crippen molar-refractivity contribution in [1.82, 2.24) is 0 Å². The Hall–Kier alpha value is -0.750. The van der Waals surface area contributed by atoms with E-state index < -0.39 is 0 Å². The molecule has 0 fully saturated rings. The molecule has 19 heavy (non-hydrogen) atoms. The first-order valence-corrected chi connectivity index (χ1v) is 7.32. The number of hydrogen-bond acceptors (Lipinski definition) is 4. The van der Waals surface area contributed by atoms with E-state index in [0.717, 1.165) is 16.3 Å². The molecule has 0 aromatic heterocycles. The molecule has 0 bridgehead atoms. The lowest BCUT2D eigenvalue weighted by Crippen LogP contribution is -2.20. The smallest absolute Gasteiger partial charge is 0.250 e. The van der Waals surface area contributed by atoms with Gasteiger partial charge in [-0.1, -0.05) is 18.5 Å². The van der Waals surface area contributed by atoms with E-state index in [9.17, 15) is 4.79 Å². The zero-order valence-corrected chi connectivity index (χ0v) is 12.6. The molecule has 0 heterocycles. The molecule has 0 atom stereocenters. The van der Waals surface area contributed by atoms with E-state index in [1.54, 1.807) is 24.9 Å². The summed E-state index contributed by atoms with van der Waals surface area (Å²) in [6, 6.07) is 5.45. The first-order valence-electron chi connectivity index (χ1n) is 5.96. The van der Waals surface area contributed by atoms with Crippen LogP contribution in [0.4, 0.5) is 5.69 Å². The van der Waals surface area contributed by atoms with Crippen LogP contribution in [0.25, 0.3) is 0 Å². The monoisotopic (exact) mass is 303 g/mol. The minimum absolute atomic E-state index is 0.00606. The van der Waals surface area contributed by atoms with E-state index in [4.69, 9.17) is 21.1 Å². The fraction of sp³-hybridized carbons (Fsp3) is 0.462. The Balaban J connectivity index is 2.54. The second kappa shape index (κ2) is 9.20. The van der Waals surface area contributed by atoms with Crippen LogP contribution in [0.3, 0.4) is 0 Å². The van der Waals surface area contributed by atoms with E-state index in [1.807, 2.05) is 12.1 Å². The first kappa shape index (κ1) is 16.3. The van der Waals surface area contributed by atoms with Gasteiger partial charge in [0, 0.05) is 17.0 Å². The number of nitrogens with one attached hydrogen (secondary N) is 1. The summed E-state index contributed by atoms with van der Waals surface area (Å²) in [5.74, 6) is 0.728. The number of ether oxygens (including phenoxy) is 2. The highest BCUT2D eigenvalue weighted by atomic mass is 35.5. The van der Waals surface area contributed by atoms with Crippen LogP contribution < -0.4 is 5.32 Å². The second-order valence-corrected chi connectivity index (χ2v) is 5.41. The Morgan fingerprint density at radius 1 is 1.42 bits per heavy atom. The summed E-state index contributed by atoms with van der Waals surface area (Å²) >= 11 is 7.59. The topological polar surface area (TPSA) is 47.6 Å². The molecule has 4 nitrogen and oxygen atoms in total. The molecule has 0 radical (unpaired) electrons. The molecule has 6 heteroatoms. The SMILES string of the molecule is CCSc1ccc(Cl)cc1NC(=O)COCCOC. The first-order chi connectivity index (χ1) is 9.17. The second-order valence-electron chi connectivity index (χ2n) is 3.67. The standard InChI is InChI=1S/C13H18ClNO3S/c1-3-19-12-5-4-10(14)8-11(12)15-13(16)9-18-7-6-17-2/h4-5,8H,3,6-7,9H2,1-2H3,(H,15,16). The zero-order chi connectivity index (χ0) is 14.1. The highest BCUT2D eigenvalue weighted by Crippen LogP contribution is 2.29. The summed E-state index contributed by atoms with van der Waals surface area (Å²) in [5.41, 5.74) is 0.722. The molecule has 0 aliphatic rings. The van der Waals surface area contributed by atoms with E-state index in [-0.39, 0.29) is 12.5 Å². The van der Waals surface area contributed by atoms with Gasteiger partial charge in [0.1, 0.15) is 6.61 Å². The third-order valence-electron chi connectivity index (χ3n) is 2.18. The van der Waals surface area contributed by atoms with Gasteiger partial charge in [0.25, 0.3) is 0 Å². The summed E-state index contributed by atoms with van der Waals surface area (Å²) in [6.07, 6.45) is 0. The van der Waals surface area contributed by atoms with Gasteiger partial charge in [0.15, 0.2) is 0 Å². The Labute approximate surface area is 122 Å². The summed E-state index contributed by atoms with van der Waals surface area (Å²) in [4.78, 5) is 12.7. The summed E-state index contributed by atoms with van der Waals surface area (Å²) in [5, 5.41) is 3.40. The average Bonchev–Trinajstić information content (AvgIpc) is 2.38. The molecule has 1 aromatic carbocycles. The van der Waals surface area contributed by atoms with Crippen LogP contribution in [0, 0.1) is 0 Å². The van der Waals surface area contributed by atoms with Gasteiger partial charge in [-0.15, -0.1) is 11.8 Å². The number of anilines is 1. The van der Waals surface area contributed by atoms with E-state index in [1.165, 1.54) is 0 Å². The number of methoxy groups -OCH3 is 1. The molecule has 0 saturated heterocycles.